The summed E-state index contributed by atoms with van der Waals surface area (Å²) in [6, 6.07) is 7.90. The van der Waals surface area contributed by atoms with Crippen molar-refractivity contribution >= 4 is 82.3 Å². The van der Waals surface area contributed by atoms with E-state index in [0.29, 0.717) is 0 Å². The van der Waals surface area contributed by atoms with Crippen LogP contribution in [0.4, 0.5) is 0 Å². The van der Waals surface area contributed by atoms with Crippen LogP contribution in [-0.2, 0) is 0 Å². The number of alkyl halides is 1. The van der Waals surface area contributed by atoms with Gasteiger partial charge in [-0.3, -0.25) is 0 Å². The summed E-state index contributed by atoms with van der Waals surface area (Å²) >= 11 is 24.3. The van der Waals surface area contributed by atoms with Crippen molar-refractivity contribution in [2.75, 3.05) is 0 Å². The molecule has 0 saturated heterocycles. The Balaban J connectivity index is 2.39. The fraction of sp³-hybridized carbons (Fsp3) is 0.0909. The quantitative estimate of drug-likeness (QED) is 0.406. The summed E-state index contributed by atoms with van der Waals surface area (Å²) in [5, 5.41) is -0.203. The smallest absolute Gasteiger partial charge is 0.107 e. The fourth-order valence-corrected chi connectivity index (χ4v) is 4.88. The van der Waals surface area contributed by atoms with E-state index >= 15 is 0 Å². The molecule has 2 aromatic rings. The van der Waals surface area contributed by atoms with Gasteiger partial charge in [-0.2, -0.15) is 0 Å². The van der Waals surface area contributed by atoms with Crippen molar-refractivity contribution in [1.29, 1.82) is 0 Å². The Labute approximate surface area is 139 Å². The van der Waals surface area contributed by atoms with Crippen LogP contribution in [0.15, 0.2) is 37.7 Å². The van der Waals surface area contributed by atoms with Crippen LogP contribution >= 0.6 is 82.3 Å². The maximum atomic E-state index is 6.46. The third-order valence-electron chi connectivity index (χ3n) is 2.15. The lowest BCUT2D eigenvalue weighted by Crippen LogP contribution is -1.91. The van der Waals surface area contributed by atoms with Crippen LogP contribution in [0.1, 0.15) is 15.8 Å². The normalized spacial score (nSPS) is 12.8. The highest BCUT2D eigenvalue weighted by molar-refractivity contribution is 9.11. The molecule has 0 N–H and O–H groups in total. The average Bonchev–Trinajstić information content (AvgIpc) is 2.58. The average molecular weight is 480 g/mol. The largest absolute Gasteiger partial charge is 0.125 e. The van der Waals surface area contributed by atoms with Gasteiger partial charge in [0.25, 0.3) is 0 Å². The van der Waals surface area contributed by atoms with Gasteiger partial charge in [0.1, 0.15) is 4.34 Å². The SMILES string of the molecule is Clc1sc(C(Cl)c2ccc(Br)cc2Br)cc1Br. The number of thiophene rings is 1. The molecular formula is C11H5Br3Cl2S. The van der Waals surface area contributed by atoms with Gasteiger partial charge in [0, 0.05) is 18.3 Å². The lowest BCUT2D eigenvalue weighted by Gasteiger charge is -2.10. The molecule has 0 fully saturated rings. The lowest BCUT2D eigenvalue weighted by molar-refractivity contribution is 1.16. The van der Waals surface area contributed by atoms with Gasteiger partial charge in [-0.15, -0.1) is 22.9 Å². The molecule has 17 heavy (non-hydrogen) atoms. The minimum atomic E-state index is -0.203. The standard InChI is InChI=1S/C11H5Br3Cl2S/c12-5-1-2-6(7(13)3-5)10(15)9-4-8(14)11(16)17-9/h1-4,10H. The van der Waals surface area contributed by atoms with E-state index in [2.05, 4.69) is 47.8 Å². The molecule has 0 nitrogen and oxygen atoms in total. The lowest BCUT2D eigenvalue weighted by atomic mass is 10.1. The first-order valence-electron chi connectivity index (χ1n) is 4.53. The Morgan fingerprint density at radius 2 is 1.76 bits per heavy atom. The summed E-state index contributed by atoms with van der Waals surface area (Å²) in [5.74, 6) is 0. The molecule has 0 aliphatic heterocycles. The molecule has 1 unspecified atom stereocenters. The number of hydrogen-bond acceptors (Lipinski definition) is 1. The first kappa shape index (κ1) is 14.4. The first-order chi connectivity index (χ1) is 7.99. The van der Waals surface area contributed by atoms with Crippen LogP contribution < -0.4 is 0 Å². The summed E-state index contributed by atoms with van der Waals surface area (Å²) in [5.41, 5.74) is 1.03. The summed E-state index contributed by atoms with van der Waals surface area (Å²) < 4.78 is 3.60. The van der Waals surface area contributed by atoms with Crippen LogP contribution in [-0.4, -0.2) is 0 Å². The summed E-state index contributed by atoms with van der Waals surface area (Å²) in [6.07, 6.45) is 0. The molecule has 0 saturated carbocycles. The van der Waals surface area contributed by atoms with Gasteiger partial charge in [-0.1, -0.05) is 49.5 Å². The Morgan fingerprint density at radius 3 is 2.29 bits per heavy atom. The molecule has 1 aromatic carbocycles. The molecule has 1 aromatic heterocycles. The van der Waals surface area contributed by atoms with E-state index in [1.54, 1.807) is 0 Å². The van der Waals surface area contributed by atoms with Crippen molar-refractivity contribution in [3.05, 3.63) is 52.5 Å². The van der Waals surface area contributed by atoms with Crippen molar-refractivity contribution in [2.45, 2.75) is 5.38 Å². The summed E-state index contributed by atoms with van der Waals surface area (Å²) in [6.45, 7) is 0. The minimum Gasteiger partial charge on any atom is -0.125 e. The second-order valence-electron chi connectivity index (χ2n) is 3.30. The maximum absolute atomic E-state index is 6.46. The molecule has 0 bridgehead atoms. The highest BCUT2D eigenvalue weighted by Gasteiger charge is 2.17. The van der Waals surface area contributed by atoms with Gasteiger partial charge in [0.15, 0.2) is 0 Å². The minimum absolute atomic E-state index is 0.203. The maximum Gasteiger partial charge on any atom is 0.107 e. The first-order valence-corrected chi connectivity index (χ1v) is 8.54. The van der Waals surface area contributed by atoms with Gasteiger partial charge < -0.3 is 0 Å². The van der Waals surface area contributed by atoms with E-state index in [-0.39, 0.29) is 5.38 Å². The molecule has 0 radical (unpaired) electrons. The zero-order chi connectivity index (χ0) is 12.6. The van der Waals surface area contributed by atoms with Gasteiger partial charge >= 0.3 is 0 Å². The van der Waals surface area contributed by atoms with Crippen molar-refractivity contribution in [3.63, 3.8) is 0 Å². The van der Waals surface area contributed by atoms with Crippen LogP contribution in [0.25, 0.3) is 0 Å². The molecule has 2 rings (SSSR count). The van der Waals surface area contributed by atoms with Gasteiger partial charge in [-0.25, -0.2) is 0 Å². The monoisotopic (exact) mass is 476 g/mol. The van der Waals surface area contributed by atoms with Crippen LogP contribution in [0.5, 0.6) is 0 Å². The molecule has 1 heterocycles. The Bertz CT molecular complexity index is 534. The summed E-state index contributed by atoms with van der Waals surface area (Å²) in [4.78, 5) is 1.02. The van der Waals surface area contributed by atoms with E-state index < -0.39 is 0 Å². The molecule has 90 valence electrons. The molecule has 0 amide bonds. The predicted octanol–water partition coefficient (Wildman–Crippen LogP) is 7.02. The van der Waals surface area contributed by atoms with Crippen molar-refractivity contribution in [3.8, 4) is 0 Å². The Hall–Kier alpha value is 0.940. The summed E-state index contributed by atoms with van der Waals surface area (Å²) in [7, 11) is 0. The molecule has 1 atom stereocenters. The zero-order valence-electron chi connectivity index (χ0n) is 8.18. The van der Waals surface area contributed by atoms with Gasteiger partial charge in [0.05, 0.1) is 5.38 Å². The third-order valence-corrected chi connectivity index (χ3v) is 6.47. The number of hydrogen-bond donors (Lipinski definition) is 0. The molecule has 0 aliphatic rings. The molecule has 0 aliphatic carbocycles. The second-order valence-corrected chi connectivity index (χ2v) is 8.05. The highest BCUT2D eigenvalue weighted by Crippen LogP contribution is 2.42. The Kier molecular flexibility index (Phi) is 5.01. The van der Waals surface area contributed by atoms with Crippen LogP contribution in [0, 0.1) is 0 Å². The highest BCUT2D eigenvalue weighted by atomic mass is 79.9. The molecular weight excluding hydrogens is 475 g/mol. The second kappa shape index (κ2) is 5.93. The zero-order valence-corrected chi connectivity index (χ0v) is 15.3. The topological polar surface area (TPSA) is 0 Å². The number of rotatable bonds is 2. The predicted molar refractivity (Wildman–Crippen MR) is 86.6 cm³/mol. The number of halogens is 5. The van der Waals surface area contributed by atoms with E-state index in [1.807, 2.05) is 24.3 Å². The van der Waals surface area contributed by atoms with Crippen LogP contribution in [0.2, 0.25) is 4.34 Å². The van der Waals surface area contributed by atoms with Crippen LogP contribution in [0.3, 0.4) is 0 Å². The van der Waals surface area contributed by atoms with Gasteiger partial charge in [0.2, 0.25) is 0 Å². The number of benzene rings is 1. The van der Waals surface area contributed by atoms with Crippen molar-refractivity contribution in [2.24, 2.45) is 0 Å². The van der Waals surface area contributed by atoms with Gasteiger partial charge in [-0.05, 0) is 39.7 Å². The molecule has 0 spiro atoms. The van der Waals surface area contributed by atoms with E-state index in [4.69, 9.17) is 23.2 Å². The van der Waals surface area contributed by atoms with E-state index in [9.17, 15) is 0 Å². The van der Waals surface area contributed by atoms with E-state index in [1.165, 1.54) is 11.3 Å². The molecule has 6 heteroatoms. The van der Waals surface area contributed by atoms with Crippen molar-refractivity contribution in [1.82, 2.24) is 0 Å². The fourth-order valence-electron chi connectivity index (χ4n) is 1.35. The van der Waals surface area contributed by atoms with E-state index in [0.717, 1.165) is 28.2 Å². The van der Waals surface area contributed by atoms with Crippen molar-refractivity contribution < 1.29 is 0 Å². The Morgan fingerprint density at radius 1 is 1.06 bits per heavy atom. The third kappa shape index (κ3) is 3.28.